The van der Waals surface area contributed by atoms with Crippen molar-refractivity contribution in [1.29, 1.82) is 0 Å². The molecule has 3 amide bonds. The Balaban J connectivity index is 3.08. The highest BCUT2D eigenvalue weighted by Crippen LogP contribution is 2.27. The minimum Gasteiger partial charge on any atom is -0.445 e. The van der Waals surface area contributed by atoms with Crippen molar-refractivity contribution >= 4 is 12.1 Å². The summed E-state index contributed by atoms with van der Waals surface area (Å²) in [5.74, 6) is 0.539. The van der Waals surface area contributed by atoms with Crippen LogP contribution >= 0.6 is 0 Å². The zero-order chi connectivity index (χ0) is 27.0. The maximum absolute atomic E-state index is 12.5. The van der Waals surface area contributed by atoms with Gasteiger partial charge >= 0.3 is 12.1 Å². The Bertz CT molecular complexity index is 873. The van der Waals surface area contributed by atoms with Gasteiger partial charge < -0.3 is 24.8 Å². The molecule has 35 heavy (non-hydrogen) atoms. The molecular formula is C28H49N4O3+. The van der Waals surface area contributed by atoms with E-state index in [2.05, 4.69) is 52.1 Å². The highest BCUT2D eigenvalue weighted by Gasteiger charge is 2.28. The van der Waals surface area contributed by atoms with E-state index < -0.39 is 0 Å². The van der Waals surface area contributed by atoms with Crippen LogP contribution < -0.4 is 10.6 Å². The molecule has 1 rings (SSSR count). The Morgan fingerprint density at radius 1 is 1.20 bits per heavy atom. The third-order valence-corrected chi connectivity index (χ3v) is 5.93. The predicted octanol–water partition coefficient (Wildman–Crippen LogP) is 5.38. The van der Waals surface area contributed by atoms with E-state index in [1.54, 1.807) is 11.9 Å². The molecule has 0 atom stereocenters. The van der Waals surface area contributed by atoms with E-state index in [4.69, 9.17) is 4.74 Å². The average Bonchev–Trinajstić information content (AvgIpc) is 2.71. The van der Waals surface area contributed by atoms with Crippen LogP contribution in [0, 0.1) is 5.92 Å². The first kappa shape index (κ1) is 30.5. The summed E-state index contributed by atoms with van der Waals surface area (Å²) in [4.78, 5) is 26.5. The van der Waals surface area contributed by atoms with E-state index in [0.717, 1.165) is 47.1 Å². The minimum atomic E-state index is -0.332. The van der Waals surface area contributed by atoms with Crippen molar-refractivity contribution in [2.75, 3.05) is 47.4 Å². The maximum Gasteiger partial charge on any atom is 0.409 e. The zero-order valence-electron chi connectivity index (χ0n) is 23.8. The van der Waals surface area contributed by atoms with Gasteiger partial charge in [0.25, 0.3) is 0 Å². The highest BCUT2D eigenvalue weighted by atomic mass is 16.6. The van der Waals surface area contributed by atoms with E-state index in [1.165, 1.54) is 5.57 Å². The van der Waals surface area contributed by atoms with Crippen LogP contribution in [0.2, 0.25) is 0 Å². The lowest BCUT2D eigenvalue weighted by atomic mass is 9.93. The quantitative estimate of drug-likeness (QED) is 0.337. The Morgan fingerprint density at radius 2 is 1.83 bits per heavy atom. The molecule has 0 radical (unpaired) electrons. The van der Waals surface area contributed by atoms with Gasteiger partial charge in [-0.05, 0) is 69.8 Å². The zero-order valence-corrected chi connectivity index (χ0v) is 23.8. The molecule has 0 aliphatic carbocycles. The average molecular weight is 490 g/mol. The lowest BCUT2D eigenvalue weighted by Gasteiger charge is -2.36. The Hall–Kier alpha value is -2.54. The Labute approximate surface area is 213 Å². The molecule has 0 saturated carbocycles. The molecule has 0 aromatic rings. The van der Waals surface area contributed by atoms with Gasteiger partial charge in [0, 0.05) is 36.8 Å². The Kier molecular flexibility index (Phi) is 11.3. The fourth-order valence-electron chi connectivity index (χ4n) is 3.67. The van der Waals surface area contributed by atoms with Crippen LogP contribution in [0.3, 0.4) is 0 Å². The molecule has 2 N–H and O–H groups in total. The third kappa shape index (κ3) is 11.6. The predicted molar refractivity (Wildman–Crippen MR) is 145 cm³/mol. The lowest BCUT2D eigenvalue weighted by Crippen LogP contribution is -2.46. The number of allylic oxidation sites excluding steroid dienone is 3. The number of rotatable bonds is 9. The van der Waals surface area contributed by atoms with Crippen LogP contribution in [-0.4, -0.2) is 74.4 Å². The number of amides is 3. The van der Waals surface area contributed by atoms with Crippen LogP contribution in [0.4, 0.5) is 9.59 Å². The second-order valence-electron chi connectivity index (χ2n) is 11.8. The molecule has 0 unspecified atom stereocenters. The van der Waals surface area contributed by atoms with Crippen molar-refractivity contribution in [1.82, 2.24) is 15.5 Å². The summed E-state index contributed by atoms with van der Waals surface area (Å²) in [5, 5.41) is 5.81. The molecular weight excluding hydrogens is 440 g/mol. The summed E-state index contributed by atoms with van der Waals surface area (Å²) in [6, 6.07) is -0.262. The number of likely N-dealkylation sites (N-methyl/N-ethyl adjacent to an activating group) is 1. The van der Waals surface area contributed by atoms with Crippen LogP contribution in [-0.2, 0) is 4.74 Å². The van der Waals surface area contributed by atoms with Crippen molar-refractivity contribution in [3.63, 3.8) is 0 Å². The van der Waals surface area contributed by atoms with Crippen molar-refractivity contribution in [2.45, 2.75) is 66.8 Å². The minimum absolute atomic E-state index is 0.262. The topological polar surface area (TPSA) is 70.7 Å². The van der Waals surface area contributed by atoms with Gasteiger partial charge in [0.2, 0.25) is 0 Å². The number of hydrogen-bond donors (Lipinski definition) is 2. The molecule has 0 aromatic carbocycles. The first-order chi connectivity index (χ1) is 16.0. The normalized spacial score (nSPS) is 16.8. The van der Waals surface area contributed by atoms with Crippen molar-refractivity contribution < 1.29 is 18.8 Å². The van der Waals surface area contributed by atoms with Crippen LogP contribution in [0.25, 0.3) is 0 Å². The molecule has 0 spiro atoms. The summed E-state index contributed by atoms with van der Waals surface area (Å²) in [6.07, 6.45) is 5.45. The monoisotopic (exact) mass is 489 g/mol. The molecule has 0 bridgehead atoms. The Morgan fingerprint density at radius 3 is 2.37 bits per heavy atom. The number of quaternary nitrogens is 1. The highest BCUT2D eigenvalue weighted by molar-refractivity contribution is 5.77. The molecule has 1 aliphatic rings. The fraction of sp³-hybridized carbons (Fsp3) is 0.643. The maximum atomic E-state index is 12.5. The molecule has 7 nitrogen and oxygen atoms in total. The summed E-state index contributed by atoms with van der Waals surface area (Å²) in [6.45, 7) is 20.9. The molecule has 1 aliphatic heterocycles. The molecule has 7 heteroatoms. The number of carbonyl (C=O) groups excluding carboxylic acids is 2. The fourth-order valence-corrected chi connectivity index (χ4v) is 3.67. The molecule has 0 fully saturated rings. The largest absolute Gasteiger partial charge is 0.445 e. The SMILES string of the molecule is C=C(C)/C(=C\C=C(/C)C1=C(COC(=O)N(C)CCC(C)C)CC[N+](C)(C)C1)NC(=O)NC(C)(C)C. The second kappa shape index (κ2) is 13.0. The van der Waals surface area contributed by atoms with Crippen LogP contribution in [0.5, 0.6) is 0 Å². The van der Waals surface area contributed by atoms with Gasteiger partial charge in [-0.15, -0.1) is 0 Å². The molecule has 198 valence electrons. The lowest BCUT2D eigenvalue weighted by molar-refractivity contribution is -0.887. The smallest absolute Gasteiger partial charge is 0.409 e. The van der Waals surface area contributed by atoms with E-state index in [0.29, 0.717) is 24.8 Å². The van der Waals surface area contributed by atoms with Gasteiger partial charge in [-0.2, -0.15) is 0 Å². The van der Waals surface area contributed by atoms with Gasteiger partial charge in [0.15, 0.2) is 0 Å². The number of carbonyl (C=O) groups is 2. The number of hydrogen-bond acceptors (Lipinski definition) is 3. The van der Waals surface area contributed by atoms with Crippen molar-refractivity contribution in [3.8, 4) is 0 Å². The van der Waals surface area contributed by atoms with E-state index in [9.17, 15) is 9.59 Å². The summed E-state index contributed by atoms with van der Waals surface area (Å²) >= 11 is 0. The van der Waals surface area contributed by atoms with E-state index in [1.807, 2.05) is 39.8 Å². The first-order valence-corrected chi connectivity index (χ1v) is 12.6. The van der Waals surface area contributed by atoms with Crippen LogP contribution in [0.1, 0.15) is 61.3 Å². The number of urea groups is 1. The molecule has 1 heterocycles. The molecule has 0 aromatic heterocycles. The van der Waals surface area contributed by atoms with E-state index >= 15 is 0 Å². The van der Waals surface area contributed by atoms with Gasteiger partial charge in [0.05, 0.1) is 20.6 Å². The van der Waals surface area contributed by atoms with Gasteiger partial charge in [0.1, 0.15) is 13.2 Å². The van der Waals surface area contributed by atoms with Gasteiger partial charge in [-0.3, -0.25) is 0 Å². The van der Waals surface area contributed by atoms with Crippen LogP contribution in [0.15, 0.2) is 46.7 Å². The van der Waals surface area contributed by atoms with Gasteiger partial charge in [-0.25, -0.2) is 9.59 Å². The summed E-state index contributed by atoms with van der Waals surface area (Å²) in [5.41, 5.74) is 4.55. The number of nitrogens with one attached hydrogen (secondary N) is 2. The third-order valence-electron chi connectivity index (χ3n) is 5.93. The first-order valence-electron chi connectivity index (χ1n) is 12.6. The van der Waals surface area contributed by atoms with Crippen molar-refractivity contribution in [2.24, 2.45) is 5.92 Å². The van der Waals surface area contributed by atoms with E-state index in [-0.39, 0.29) is 17.7 Å². The summed E-state index contributed by atoms with van der Waals surface area (Å²) < 4.78 is 6.56. The number of nitrogens with zero attached hydrogens (tertiary/aromatic N) is 2. The van der Waals surface area contributed by atoms with Gasteiger partial charge in [-0.1, -0.05) is 26.5 Å². The summed E-state index contributed by atoms with van der Waals surface area (Å²) in [7, 11) is 6.21. The standard InChI is InChI=1S/C28H48N4O3/c1-20(2)14-16-31(9)27(34)35-19-23-15-17-32(10,11)18-24(23)22(5)12-13-25(21(3)4)29-26(33)30-28(6,7)8/h12-13,20H,3,14-19H2,1-2,4-11H3,(H-,29,30,33)/p+1/b22-12+,25-13+. The number of ether oxygens (including phenoxy) is 1. The van der Waals surface area contributed by atoms with Crippen molar-refractivity contribution in [3.05, 3.63) is 46.7 Å². The second-order valence-corrected chi connectivity index (χ2v) is 11.8. The molecule has 0 saturated heterocycles.